The van der Waals surface area contributed by atoms with Gasteiger partial charge in [0.25, 0.3) is 0 Å². The molecular formula is C14H14BrNO2S. The van der Waals surface area contributed by atoms with E-state index in [-0.39, 0.29) is 0 Å². The summed E-state index contributed by atoms with van der Waals surface area (Å²) < 4.78 is 11.8. The van der Waals surface area contributed by atoms with E-state index in [9.17, 15) is 0 Å². The van der Waals surface area contributed by atoms with Gasteiger partial charge in [-0.3, -0.25) is 0 Å². The predicted octanol–water partition coefficient (Wildman–Crippen LogP) is 4.09. The van der Waals surface area contributed by atoms with E-state index in [1.54, 1.807) is 11.3 Å². The van der Waals surface area contributed by atoms with Gasteiger partial charge in [-0.05, 0) is 36.1 Å². The Balaban J connectivity index is 1.70. The number of fused-ring (bicyclic) bond motifs is 1. The quantitative estimate of drug-likeness (QED) is 0.909. The Morgan fingerprint density at radius 1 is 1.37 bits per heavy atom. The zero-order chi connectivity index (χ0) is 13.2. The van der Waals surface area contributed by atoms with Crippen molar-refractivity contribution in [3.05, 3.63) is 44.6 Å². The minimum atomic E-state index is 0.310. The molecule has 0 unspecified atom stereocenters. The standard InChI is InChI=1S/C14H14BrNO2S/c1-9(14-3-2-4-19-14)16-7-10-5-12-13(6-11(10)15)18-8-17-12/h2-6,9,16H,7-8H2,1H3/t9-/m1/s1. The number of halogens is 1. The summed E-state index contributed by atoms with van der Waals surface area (Å²) in [6.07, 6.45) is 0. The first kappa shape index (κ1) is 13.0. The molecule has 0 fully saturated rings. The van der Waals surface area contributed by atoms with Crippen LogP contribution in [0.15, 0.2) is 34.1 Å². The van der Waals surface area contributed by atoms with Crippen molar-refractivity contribution in [2.24, 2.45) is 0 Å². The maximum atomic E-state index is 5.40. The Bertz CT molecular complexity index is 571. The summed E-state index contributed by atoms with van der Waals surface area (Å²) in [5, 5.41) is 5.62. The molecule has 0 saturated heterocycles. The van der Waals surface area contributed by atoms with Gasteiger partial charge in [-0.25, -0.2) is 0 Å². The molecule has 1 N–H and O–H groups in total. The fourth-order valence-electron chi connectivity index (χ4n) is 2.00. The summed E-state index contributed by atoms with van der Waals surface area (Å²) in [6, 6.07) is 8.57. The maximum Gasteiger partial charge on any atom is 0.231 e. The zero-order valence-electron chi connectivity index (χ0n) is 10.5. The van der Waals surface area contributed by atoms with Crippen molar-refractivity contribution in [1.82, 2.24) is 5.32 Å². The van der Waals surface area contributed by atoms with Crippen molar-refractivity contribution in [2.45, 2.75) is 19.5 Å². The Morgan fingerprint density at radius 2 is 2.16 bits per heavy atom. The lowest BCUT2D eigenvalue weighted by molar-refractivity contribution is 0.174. The molecule has 3 rings (SSSR count). The summed E-state index contributed by atoms with van der Waals surface area (Å²) in [4.78, 5) is 1.34. The maximum absolute atomic E-state index is 5.40. The van der Waals surface area contributed by atoms with Gasteiger partial charge in [0.15, 0.2) is 11.5 Å². The SMILES string of the molecule is C[C@@H](NCc1cc2c(cc1Br)OCO2)c1cccs1. The van der Waals surface area contributed by atoms with Gasteiger partial charge in [-0.1, -0.05) is 22.0 Å². The van der Waals surface area contributed by atoms with Gasteiger partial charge in [-0.15, -0.1) is 11.3 Å². The number of hydrogen-bond donors (Lipinski definition) is 1. The molecule has 1 aliphatic heterocycles. The van der Waals surface area contributed by atoms with Gasteiger partial charge in [-0.2, -0.15) is 0 Å². The van der Waals surface area contributed by atoms with Gasteiger partial charge >= 0.3 is 0 Å². The molecule has 19 heavy (non-hydrogen) atoms. The van der Waals surface area contributed by atoms with E-state index in [4.69, 9.17) is 9.47 Å². The molecule has 0 saturated carbocycles. The molecule has 1 aromatic heterocycles. The third-order valence-electron chi connectivity index (χ3n) is 3.11. The number of rotatable bonds is 4. The van der Waals surface area contributed by atoms with Crippen LogP contribution in [0.2, 0.25) is 0 Å². The molecule has 2 aromatic rings. The summed E-state index contributed by atoms with van der Waals surface area (Å²) in [5.74, 6) is 1.63. The molecule has 0 aliphatic carbocycles. The summed E-state index contributed by atoms with van der Waals surface area (Å²) in [5.41, 5.74) is 1.17. The second-order valence-corrected chi connectivity index (χ2v) is 6.25. The van der Waals surface area contributed by atoms with E-state index in [2.05, 4.69) is 45.7 Å². The van der Waals surface area contributed by atoms with Gasteiger partial charge in [0.2, 0.25) is 6.79 Å². The van der Waals surface area contributed by atoms with Gasteiger partial charge < -0.3 is 14.8 Å². The summed E-state index contributed by atoms with van der Waals surface area (Å²) in [6.45, 7) is 3.27. The summed E-state index contributed by atoms with van der Waals surface area (Å²) >= 11 is 5.35. The van der Waals surface area contributed by atoms with Crippen LogP contribution in [0.3, 0.4) is 0 Å². The zero-order valence-corrected chi connectivity index (χ0v) is 12.9. The van der Waals surface area contributed by atoms with Crippen LogP contribution in [0.1, 0.15) is 23.4 Å². The largest absolute Gasteiger partial charge is 0.454 e. The highest BCUT2D eigenvalue weighted by Crippen LogP contribution is 2.37. The normalized spacial score (nSPS) is 14.6. The topological polar surface area (TPSA) is 30.5 Å². The molecule has 1 atom stereocenters. The molecule has 0 amide bonds. The Morgan fingerprint density at radius 3 is 2.89 bits per heavy atom. The molecule has 0 bridgehead atoms. The van der Waals surface area contributed by atoms with E-state index in [1.165, 1.54) is 10.4 Å². The van der Waals surface area contributed by atoms with Gasteiger partial charge in [0.1, 0.15) is 0 Å². The van der Waals surface area contributed by atoms with E-state index < -0.39 is 0 Å². The fraction of sp³-hybridized carbons (Fsp3) is 0.286. The lowest BCUT2D eigenvalue weighted by atomic mass is 10.2. The Kier molecular flexibility index (Phi) is 3.77. The van der Waals surface area contributed by atoms with Crippen molar-refractivity contribution >= 4 is 27.3 Å². The van der Waals surface area contributed by atoms with Crippen LogP contribution in [0.4, 0.5) is 0 Å². The predicted molar refractivity (Wildman–Crippen MR) is 79.8 cm³/mol. The van der Waals surface area contributed by atoms with Crippen LogP contribution in [-0.4, -0.2) is 6.79 Å². The van der Waals surface area contributed by atoms with Crippen molar-refractivity contribution in [1.29, 1.82) is 0 Å². The van der Waals surface area contributed by atoms with Crippen molar-refractivity contribution in [3.8, 4) is 11.5 Å². The summed E-state index contributed by atoms with van der Waals surface area (Å²) in [7, 11) is 0. The lowest BCUT2D eigenvalue weighted by Crippen LogP contribution is -2.17. The highest BCUT2D eigenvalue weighted by Gasteiger charge is 2.16. The van der Waals surface area contributed by atoms with Crippen LogP contribution < -0.4 is 14.8 Å². The molecule has 100 valence electrons. The monoisotopic (exact) mass is 339 g/mol. The molecule has 0 spiro atoms. The third-order valence-corrected chi connectivity index (χ3v) is 4.90. The van der Waals surface area contributed by atoms with E-state index >= 15 is 0 Å². The van der Waals surface area contributed by atoms with Crippen LogP contribution in [-0.2, 0) is 6.54 Å². The van der Waals surface area contributed by atoms with Crippen molar-refractivity contribution in [2.75, 3.05) is 6.79 Å². The minimum absolute atomic E-state index is 0.310. The number of nitrogens with one attached hydrogen (secondary N) is 1. The average molecular weight is 340 g/mol. The van der Waals surface area contributed by atoms with Crippen LogP contribution >= 0.6 is 27.3 Å². The first-order valence-electron chi connectivity index (χ1n) is 6.09. The highest BCUT2D eigenvalue weighted by molar-refractivity contribution is 9.10. The van der Waals surface area contributed by atoms with E-state index in [0.29, 0.717) is 12.8 Å². The van der Waals surface area contributed by atoms with Crippen molar-refractivity contribution in [3.63, 3.8) is 0 Å². The Hall–Kier alpha value is -1.04. The number of hydrogen-bond acceptors (Lipinski definition) is 4. The van der Waals surface area contributed by atoms with Crippen molar-refractivity contribution < 1.29 is 9.47 Å². The molecule has 3 nitrogen and oxygen atoms in total. The second-order valence-electron chi connectivity index (χ2n) is 4.41. The van der Waals surface area contributed by atoms with E-state index in [1.807, 2.05) is 12.1 Å². The Labute approximate surface area is 124 Å². The number of ether oxygens (including phenoxy) is 2. The number of thiophene rings is 1. The van der Waals surface area contributed by atoms with Gasteiger partial charge in [0, 0.05) is 21.9 Å². The average Bonchev–Trinajstić information content (AvgIpc) is 3.06. The van der Waals surface area contributed by atoms with Crippen LogP contribution in [0.5, 0.6) is 11.5 Å². The smallest absolute Gasteiger partial charge is 0.231 e. The highest BCUT2D eigenvalue weighted by atomic mass is 79.9. The van der Waals surface area contributed by atoms with Gasteiger partial charge in [0.05, 0.1) is 0 Å². The molecule has 0 radical (unpaired) electrons. The molecule has 1 aromatic carbocycles. The van der Waals surface area contributed by atoms with Crippen LogP contribution in [0, 0.1) is 0 Å². The molecule has 1 aliphatic rings. The minimum Gasteiger partial charge on any atom is -0.454 e. The first-order chi connectivity index (χ1) is 9.24. The molecule has 2 heterocycles. The molecular weight excluding hydrogens is 326 g/mol. The second kappa shape index (κ2) is 5.53. The van der Waals surface area contributed by atoms with Crippen LogP contribution in [0.25, 0.3) is 0 Å². The molecule has 5 heteroatoms. The number of benzene rings is 1. The van der Waals surface area contributed by atoms with E-state index in [0.717, 1.165) is 22.5 Å². The lowest BCUT2D eigenvalue weighted by Gasteiger charge is -2.13. The fourth-order valence-corrected chi connectivity index (χ4v) is 3.22. The first-order valence-corrected chi connectivity index (χ1v) is 7.76. The third kappa shape index (κ3) is 2.78.